The first-order chi connectivity index (χ1) is 14.1. The summed E-state index contributed by atoms with van der Waals surface area (Å²) in [6, 6.07) is 15.8. The van der Waals surface area contributed by atoms with E-state index in [-0.39, 0.29) is 29.9 Å². The molecule has 0 spiro atoms. The number of hydrogen-bond acceptors (Lipinski definition) is 3. The lowest BCUT2D eigenvalue weighted by molar-refractivity contribution is 0.0773. The van der Waals surface area contributed by atoms with Gasteiger partial charge in [0.1, 0.15) is 5.75 Å². The van der Waals surface area contributed by atoms with Crippen LogP contribution in [-0.2, 0) is 13.0 Å². The van der Waals surface area contributed by atoms with Crippen molar-refractivity contribution < 1.29 is 9.53 Å². The highest BCUT2D eigenvalue weighted by atomic mass is 127. The van der Waals surface area contributed by atoms with Crippen LogP contribution in [0.4, 0.5) is 0 Å². The topological polar surface area (TPSA) is 66.0 Å². The number of aliphatic imine (C=N–C) groups is 1. The fourth-order valence-electron chi connectivity index (χ4n) is 2.98. The molecule has 0 radical (unpaired) electrons. The molecule has 2 aromatic carbocycles. The van der Waals surface area contributed by atoms with Gasteiger partial charge in [0.05, 0.1) is 7.11 Å². The van der Waals surface area contributed by atoms with Crippen molar-refractivity contribution in [1.29, 1.82) is 0 Å². The van der Waals surface area contributed by atoms with E-state index in [2.05, 4.69) is 27.8 Å². The number of carbonyl (C=O) groups excluding carboxylic acids is 1. The second-order valence-electron chi connectivity index (χ2n) is 6.62. The summed E-state index contributed by atoms with van der Waals surface area (Å²) in [5.41, 5.74) is 3.06. The van der Waals surface area contributed by atoms with E-state index in [9.17, 15) is 4.79 Å². The number of nitrogens with one attached hydrogen (secondary N) is 2. The normalized spacial score (nSPS) is 10.7. The molecule has 0 bridgehead atoms. The zero-order valence-electron chi connectivity index (χ0n) is 18.3. The van der Waals surface area contributed by atoms with Crippen LogP contribution in [0.15, 0.2) is 53.5 Å². The van der Waals surface area contributed by atoms with Gasteiger partial charge in [-0.3, -0.25) is 9.79 Å². The zero-order chi connectivity index (χ0) is 21.1. The van der Waals surface area contributed by atoms with Gasteiger partial charge in [0.25, 0.3) is 5.91 Å². The van der Waals surface area contributed by atoms with E-state index in [1.165, 1.54) is 5.56 Å². The van der Waals surface area contributed by atoms with Crippen molar-refractivity contribution in [2.24, 2.45) is 4.99 Å². The first kappa shape index (κ1) is 25.7. The molecule has 0 atom stereocenters. The minimum absolute atomic E-state index is 0. The molecular weight excluding hydrogens is 491 g/mol. The Bertz CT molecular complexity index is 788. The van der Waals surface area contributed by atoms with Crippen LogP contribution >= 0.6 is 24.0 Å². The lowest BCUT2D eigenvalue weighted by atomic mass is 10.1. The van der Waals surface area contributed by atoms with Gasteiger partial charge in [-0.1, -0.05) is 24.3 Å². The first-order valence-electron chi connectivity index (χ1n) is 10.1. The largest absolute Gasteiger partial charge is 0.497 e. The van der Waals surface area contributed by atoms with E-state index in [0.717, 1.165) is 48.9 Å². The van der Waals surface area contributed by atoms with Gasteiger partial charge < -0.3 is 20.3 Å². The third-order valence-electron chi connectivity index (χ3n) is 4.80. The number of rotatable bonds is 9. The maximum absolute atomic E-state index is 12.4. The van der Waals surface area contributed by atoms with E-state index in [4.69, 9.17) is 4.74 Å². The fraction of sp³-hybridized carbons (Fsp3) is 0.391. The first-order valence-corrected chi connectivity index (χ1v) is 10.1. The molecule has 0 aliphatic heterocycles. The highest BCUT2D eigenvalue weighted by Gasteiger charge is 2.11. The minimum Gasteiger partial charge on any atom is -0.497 e. The summed E-state index contributed by atoms with van der Waals surface area (Å²) in [5.74, 6) is 1.69. The van der Waals surface area contributed by atoms with Gasteiger partial charge in [-0.25, -0.2) is 0 Å². The molecule has 2 aromatic rings. The molecular formula is C23H33IN4O2. The molecule has 0 saturated heterocycles. The predicted octanol–water partition coefficient (Wildman–Crippen LogP) is 3.70. The molecule has 7 heteroatoms. The van der Waals surface area contributed by atoms with Crippen LogP contribution in [-0.4, -0.2) is 50.6 Å². The lowest BCUT2D eigenvalue weighted by Crippen LogP contribution is -2.37. The van der Waals surface area contributed by atoms with Crippen LogP contribution in [0.5, 0.6) is 5.75 Å². The summed E-state index contributed by atoms with van der Waals surface area (Å²) in [5, 5.41) is 6.63. The summed E-state index contributed by atoms with van der Waals surface area (Å²) < 4.78 is 5.18. The monoisotopic (exact) mass is 524 g/mol. The van der Waals surface area contributed by atoms with Crippen LogP contribution in [0.25, 0.3) is 0 Å². The van der Waals surface area contributed by atoms with Crippen molar-refractivity contribution in [2.75, 3.05) is 33.8 Å². The van der Waals surface area contributed by atoms with Crippen molar-refractivity contribution in [3.05, 3.63) is 65.2 Å². The van der Waals surface area contributed by atoms with Gasteiger partial charge in [-0.2, -0.15) is 0 Å². The summed E-state index contributed by atoms with van der Waals surface area (Å²) in [7, 11) is 3.43. The van der Waals surface area contributed by atoms with E-state index in [0.29, 0.717) is 6.54 Å². The molecule has 2 N–H and O–H groups in total. The average Bonchev–Trinajstić information content (AvgIpc) is 2.77. The SMILES string of the molecule is CCN(CC)C(=O)c1ccc(CNC(=NC)NCCc2ccc(OC)cc2)cc1.I. The Hall–Kier alpha value is -2.29. The fourth-order valence-corrected chi connectivity index (χ4v) is 2.98. The Morgan fingerprint density at radius 1 is 0.967 bits per heavy atom. The molecule has 0 saturated carbocycles. The Kier molecular flexibility index (Phi) is 11.9. The molecule has 0 aromatic heterocycles. The van der Waals surface area contributed by atoms with Crippen molar-refractivity contribution in [3.63, 3.8) is 0 Å². The Labute approximate surface area is 197 Å². The second-order valence-corrected chi connectivity index (χ2v) is 6.62. The molecule has 6 nitrogen and oxygen atoms in total. The number of methoxy groups -OCH3 is 1. The molecule has 1 amide bonds. The number of nitrogens with zero attached hydrogens (tertiary/aromatic N) is 2. The third kappa shape index (κ3) is 7.85. The van der Waals surface area contributed by atoms with Gasteiger partial charge in [-0.05, 0) is 55.7 Å². The summed E-state index contributed by atoms with van der Waals surface area (Å²) in [4.78, 5) is 18.5. The standard InChI is InChI=1S/C23H32N4O2.HI/c1-5-27(6-2)22(28)20-11-7-19(8-12-20)17-26-23(24-3)25-16-15-18-9-13-21(29-4)14-10-18;/h7-14H,5-6,15-17H2,1-4H3,(H2,24,25,26);1H. The highest BCUT2D eigenvalue weighted by Crippen LogP contribution is 2.11. The highest BCUT2D eigenvalue weighted by molar-refractivity contribution is 14.0. The zero-order valence-corrected chi connectivity index (χ0v) is 20.6. The van der Waals surface area contributed by atoms with Crippen molar-refractivity contribution in [2.45, 2.75) is 26.8 Å². The van der Waals surface area contributed by atoms with Crippen LogP contribution in [0.1, 0.15) is 35.3 Å². The van der Waals surface area contributed by atoms with E-state index in [1.807, 2.05) is 55.1 Å². The quantitative estimate of drug-likeness (QED) is 0.298. The molecule has 0 fully saturated rings. The molecule has 0 aliphatic carbocycles. The molecule has 2 rings (SSSR count). The maximum Gasteiger partial charge on any atom is 0.253 e. The number of carbonyl (C=O) groups is 1. The Morgan fingerprint density at radius 3 is 2.10 bits per heavy atom. The van der Waals surface area contributed by atoms with Crippen molar-refractivity contribution in [1.82, 2.24) is 15.5 Å². The van der Waals surface area contributed by atoms with Gasteiger partial charge in [0, 0.05) is 38.8 Å². The molecule has 0 heterocycles. The molecule has 30 heavy (non-hydrogen) atoms. The van der Waals surface area contributed by atoms with Gasteiger partial charge in [0.15, 0.2) is 5.96 Å². The molecule has 164 valence electrons. The van der Waals surface area contributed by atoms with Gasteiger partial charge in [-0.15, -0.1) is 24.0 Å². The van der Waals surface area contributed by atoms with Crippen LogP contribution in [0, 0.1) is 0 Å². The maximum atomic E-state index is 12.4. The number of hydrogen-bond donors (Lipinski definition) is 2. The van der Waals surface area contributed by atoms with E-state index in [1.54, 1.807) is 14.2 Å². The lowest BCUT2D eigenvalue weighted by Gasteiger charge is -2.18. The number of benzene rings is 2. The summed E-state index contributed by atoms with van der Waals surface area (Å²) in [6.07, 6.45) is 0.896. The molecule has 0 unspecified atom stereocenters. The van der Waals surface area contributed by atoms with Crippen molar-refractivity contribution >= 4 is 35.8 Å². The van der Waals surface area contributed by atoms with E-state index < -0.39 is 0 Å². The number of amides is 1. The average molecular weight is 524 g/mol. The number of ether oxygens (including phenoxy) is 1. The van der Waals surface area contributed by atoms with E-state index >= 15 is 0 Å². The Morgan fingerprint density at radius 2 is 1.57 bits per heavy atom. The van der Waals surface area contributed by atoms with Crippen LogP contribution < -0.4 is 15.4 Å². The molecule has 0 aliphatic rings. The van der Waals surface area contributed by atoms with Crippen molar-refractivity contribution in [3.8, 4) is 5.75 Å². The second kappa shape index (κ2) is 13.8. The van der Waals surface area contributed by atoms with Crippen LogP contribution in [0.3, 0.4) is 0 Å². The number of halogens is 1. The predicted molar refractivity (Wildman–Crippen MR) is 134 cm³/mol. The van der Waals surface area contributed by atoms with Crippen LogP contribution in [0.2, 0.25) is 0 Å². The smallest absolute Gasteiger partial charge is 0.253 e. The summed E-state index contributed by atoms with van der Waals surface area (Å²) in [6.45, 7) is 6.85. The number of guanidine groups is 1. The third-order valence-corrected chi connectivity index (χ3v) is 4.80. The summed E-state index contributed by atoms with van der Waals surface area (Å²) >= 11 is 0. The van der Waals surface area contributed by atoms with Gasteiger partial charge >= 0.3 is 0 Å². The van der Waals surface area contributed by atoms with Gasteiger partial charge in [0.2, 0.25) is 0 Å². The minimum atomic E-state index is 0. The Balaban J connectivity index is 0.00000450.